The lowest BCUT2D eigenvalue weighted by atomic mass is 10.2. The number of fused-ring (bicyclic) bond motifs is 1. The Bertz CT molecular complexity index is 790. The fraction of sp³-hybridized carbons (Fsp3) is 0.235. The Morgan fingerprint density at radius 1 is 1.26 bits per heavy atom. The molecule has 0 aliphatic rings. The van der Waals surface area contributed by atoms with E-state index in [-0.39, 0.29) is 12.4 Å². The molecule has 0 amide bonds. The molecule has 3 aromatic rings. The number of nitrogens with zero attached hydrogens (tertiary/aromatic N) is 3. The van der Waals surface area contributed by atoms with Crippen LogP contribution in [0.3, 0.4) is 0 Å². The van der Waals surface area contributed by atoms with E-state index >= 15 is 0 Å². The highest BCUT2D eigenvalue weighted by molar-refractivity contribution is 7.12. The fourth-order valence-electron chi connectivity index (χ4n) is 2.36. The first-order chi connectivity index (χ1) is 10.6. The molecule has 2 heterocycles. The number of nitrogens with two attached hydrogens (primary N) is 1. The SMILES string of the molecule is CN(C)CCn1ccc2ccc(N=C(N)c3cccs3)cc21.Cl. The second-order valence-electron chi connectivity index (χ2n) is 5.53. The minimum atomic E-state index is 0. The first kappa shape index (κ1) is 17.5. The zero-order valence-electron chi connectivity index (χ0n) is 13.3. The van der Waals surface area contributed by atoms with Crippen molar-refractivity contribution in [2.45, 2.75) is 6.54 Å². The molecule has 6 heteroatoms. The van der Waals surface area contributed by atoms with Crippen molar-refractivity contribution in [1.29, 1.82) is 0 Å². The van der Waals surface area contributed by atoms with Crippen LogP contribution in [-0.2, 0) is 6.54 Å². The Hall–Kier alpha value is -1.82. The minimum Gasteiger partial charge on any atom is -0.383 e. The van der Waals surface area contributed by atoms with E-state index in [2.05, 4.69) is 53.0 Å². The number of aromatic nitrogens is 1. The molecule has 0 bridgehead atoms. The molecule has 0 unspecified atom stereocenters. The number of halogens is 1. The van der Waals surface area contributed by atoms with Crippen molar-refractivity contribution < 1.29 is 0 Å². The zero-order chi connectivity index (χ0) is 15.5. The number of hydrogen-bond donors (Lipinski definition) is 1. The first-order valence-corrected chi connectivity index (χ1v) is 8.13. The van der Waals surface area contributed by atoms with Gasteiger partial charge in [0.2, 0.25) is 0 Å². The second kappa shape index (κ2) is 7.64. The van der Waals surface area contributed by atoms with Gasteiger partial charge in [0.05, 0.1) is 16.1 Å². The summed E-state index contributed by atoms with van der Waals surface area (Å²) in [6.45, 7) is 1.97. The normalized spacial score (nSPS) is 11.9. The van der Waals surface area contributed by atoms with Crippen LogP contribution in [0, 0.1) is 0 Å². The van der Waals surface area contributed by atoms with Gasteiger partial charge >= 0.3 is 0 Å². The van der Waals surface area contributed by atoms with E-state index in [4.69, 9.17) is 5.73 Å². The van der Waals surface area contributed by atoms with Gasteiger partial charge in [-0.15, -0.1) is 23.7 Å². The topological polar surface area (TPSA) is 46.5 Å². The maximum Gasteiger partial charge on any atom is 0.141 e. The summed E-state index contributed by atoms with van der Waals surface area (Å²) in [6, 6.07) is 12.3. The molecule has 0 aliphatic carbocycles. The van der Waals surface area contributed by atoms with Crippen LogP contribution in [0.2, 0.25) is 0 Å². The van der Waals surface area contributed by atoms with Gasteiger partial charge in [0.15, 0.2) is 0 Å². The minimum absolute atomic E-state index is 0. The highest BCUT2D eigenvalue weighted by Crippen LogP contribution is 2.23. The molecule has 0 aliphatic heterocycles. The number of rotatable bonds is 5. The molecule has 0 saturated carbocycles. The van der Waals surface area contributed by atoms with E-state index in [1.54, 1.807) is 11.3 Å². The van der Waals surface area contributed by atoms with Crippen LogP contribution in [0.25, 0.3) is 10.9 Å². The molecule has 0 spiro atoms. The van der Waals surface area contributed by atoms with Crippen LogP contribution in [0.4, 0.5) is 5.69 Å². The molecule has 1 aromatic carbocycles. The van der Waals surface area contributed by atoms with Gasteiger partial charge in [-0.3, -0.25) is 0 Å². The molecule has 0 radical (unpaired) electrons. The number of amidine groups is 1. The Balaban J connectivity index is 0.00000192. The molecule has 2 N–H and O–H groups in total. The number of likely N-dealkylation sites (N-methyl/N-ethyl adjacent to an activating group) is 1. The molecule has 0 fully saturated rings. The highest BCUT2D eigenvalue weighted by Gasteiger charge is 2.04. The van der Waals surface area contributed by atoms with Crippen LogP contribution in [-0.4, -0.2) is 35.9 Å². The quantitative estimate of drug-likeness (QED) is 0.564. The lowest BCUT2D eigenvalue weighted by Crippen LogP contribution is -2.17. The summed E-state index contributed by atoms with van der Waals surface area (Å²) in [5.74, 6) is 0.570. The van der Waals surface area contributed by atoms with Gasteiger partial charge in [-0.1, -0.05) is 12.1 Å². The van der Waals surface area contributed by atoms with Crippen LogP contribution < -0.4 is 5.73 Å². The fourth-order valence-corrected chi connectivity index (χ4v) is 2.99. The average Bonchev–Trinajstić information content (AvgIpc) is 3.14. The lowest BCUT2D eigenvalue weighted by molar-refractivity contribution is 0.387. The lowest BCUT2D eigenvalue weighted by Gasteiger charge is -2.11. The van der Waals surface area contributed by atoms with Crippen molar-refractivity contribution in [3.8, 4) is 0 Å². The van der Waals surface area contributed by atoms with E-state index < -0.39 is 0 Å². The largest absolute Gasteiger partial charge is 0.383 e. The molecule has 4 nitrogen and oxygen atoms in total. The monoisotopic (exact) mass is 348 g/mol. The number of hydrogen-bond acceptors (Lipinski definition) is 3. The van der Waals surface area contributed by atoms with Crippen molar-refractivity contribution in [2.24, 2.45) is 10.7 Å². The number of benzene rings is 1. The van der Waals surface area contributed by atoms with Crippen LogP contribution in [0.5, 0.6) is 0 Å². The maximum absolute atomic E-state index is 6.07. The predicted molar refractivity (Wildman–Crippen MR) is 102 cm³/mol. The summed E-state index contributed by atoms with van der Waals surface area (Å²) in [5, 5.41) is 3.24. The Morgan fingerprint density at radius 2 is 2.09 bits per heavy atom. The van der Waals surface area contributed by atoms with Gasteiger partial charge in [0.25, 0.3) is 0 Å². The van der Waals surface area contributed by atoms with E-state index in [1.165, 1.54) is 10.9 Å². The van der Waals surface area contributed by atoms with Crippen molar-refractivity contribution in [2.75, 3.05) is 20.6 Å². The number of thiophene rings is 1. The summed E-state index contributed by atoms with van der Waals surface area (Å²) in [7, 11) is 4.17. The van der Waals surface area contributed by atoms with Crippen molar-refractivity contribution >= 4 is 46.2 Å². The van der Waals surface area contributed by atoms with Gasteiger partial charge < -0.3 is 15.2 Å². The maximum atomic E-state index is 6.07. The molecule has 3 rings (SSSR count). The molecular formula is C17H21ClN4S. The van der Waals surface area contributed by atoms with Gasteiger partial charge in [0.1, 0.15) is 5.84 Å². The smallest absolute Gasteiger partial charge is 0.141 e. The van der Waals surface area contributed by atoms with Gasteiger partial charge in [-0.2, -0.15) is 0 Å². The van der Waals surface area contributed by atoms with E-state index in [1.807, 2.05) is 23.6 Å². The Morgan fingerprint density at radius 3 is 2.78 bits per heavy atom. The average molecular weight is 349 g/mol. The molecular weight excluding hydrogens is 328 g/mol. The molecule has 0 saturated heterocycles. The standard InChI is InChI=1S/C17H20N4S.ClH/c1-20(2)9-10-21-8-7-13-5-6-14(12-15(13)21)19-17(18)16-4-3-11-22-16;/h3-8,11-12H,9-10H2,1-2H3,(H2,18,19);1H. The van der Waals surface area contributed by atoms with Crippen molar-refractivity contribution in [1.82, 2.24) is 9.47 Å². The van der Waals surface area contributed by atoms with Crippen LogP contribution in [0.15, 0.2) is 53.0 Å². The van der Waals surface area contributed by atoms with Crippen molar-refractivity contribution in [3.63, 3.8) is 0 Å². The van der Waals surface area contributed by atoms with Gasteiger partial charge in [-0.05, 0) is 49.1 Å². The third-order valence-electron chi connectivity index (χ3n) is 3.57. The summed E-state index contributed by atoms with van der Waals surface area (Å²) in [5.41, 5.74) is 8.16. The summed E-state index contributed by atoms with van der Waals surface area (Å²) in [6.07, 6.45) is 2.13. The van der Waals surface area contributed by atoms with E-state index in [9.17, 15) is 0 Å². The van der Waals surface area contributed by atoms with Crippen LogP contribution in [0.1, 0.15) is 4.88 Å². The van der Waals surface area contributed by atoms with Crippen LogP contribution >= 0.6 is 23.7 Å². The van der Waals surface area contributed by atoms with Gasteiger partial charge in [0, 0.05) is 19.3 Å². The first-order valence-electron chi connectivity index (χ1n) is 7.25. The summed E-state index contributed by atoms with van der Waals surface area (Å²) < 4.78 is 2.26. The Kier molecular flexibility index (Phi) is 5.82. The predicted octanol–water partition coefficient (Wildman–Crippen LogP) is 3.72. The second-order valence-corrected chi connectivity index (χ2v) is 6.48. The third kappa shape index (κ3) is 4.13. The van der Waals surface area contributed by atoms with E-state index in [0.29, 0.717) is 5.84 Å². The zero-order valence-corrected chi connectivity index (χ0v) is 14.9. The van der Waals surface area contributed by atoms with E-state index in [0.717, 1.165) is 23.7 Å². The Labute approximate surface area is 146 Å². The molecule has 23 heavy (non-hydrogen) atoms. The highest BCUT2D eigenvalue weighted by atomic mass is 35.5. The summed E-state index contributed by atoms with van der Waals surface area (Å²) >= 11 is 1.60. The van der Waals surface area contributed by atoms with Crippen molar-refractivity contribution in [3.05, 3.63) is 52.9 Å². The third-order valence-corrected chi connectivity index (χ3v) is 4.46. The molecule has 122 valence electrons. The molecule has 2 aromatic heterocycles. The number of aliphatic imine (C=N–C) groups is 1. The van der Waals surface area contributed by atoms with Gasteiger partial charge in [-0.25, -0.2) is 4.99 Å². The summed E-state index contributed by atoms with van der Waals surface area (Å²) in [4.78, 5) is 7.73. The molecule has 0 atom stereocenters.